The van der Waals surface area contributed by atoms with Gasteiger partial charge in [-0.1, -0.05) is 0 Å². The Kier molecular flexibility index (Phi) is 6.40. The van der Waals surface area contributed by atoms with E-state index in [0.717, 1.165) is 0 Å². The van der Waals surface area contributed by atoms with Gasteiger partial charge in [-0.05, 0) is 0 Å². The molecule has 0 heterocycles. The molecule has 0 aromatic carbocycles. The molecule has 0 aromatic heterocycles. The van der Waals surface area contributed by atoms with Gasteiger partial charge in [-0.15, -0.1) is 0 Å². The van der Waals surface area contributed by atoms with E-state index in [2.05, 4.69) is 0 Å². The van der Waals surface area contributed by atoms with Crippen LogP contribution >= 0.6 is 0 Å². The molecule has 0 aliphatic heterocycles. The van der Waals surface area contributed by atoms with Crippen molar-refractivity contribution >= 4 is 0 Å². The first-order chi connectivity index (χ1) is 11.3. The lowest BCUT2D eigenvalue weighted by Crippen LogP contribution is -2.66. The zero-order valence-electron chi connectivity index (χ0n) is 11.9. The monoisotopic (exact) mass is 448 g/mol. The van der Waals surface area contributed by atoms with E-state index in [1.807, 2.05) is 4.74 Å². The second-order valence-corrected chi connectivity index (χ2v) is 4.69. The Morgan fingerprint density at radius 3 is 1.22 bits per heavy atom. The molecule has 0 radical (unpaired) electrons. The fourth-order valence-electron chi connectivity index (χ4n) is 0.997. The van der Waals surface area contributed by atoms with Crippen molar-refractivity contribution in [1.29, 1.82) is 0 Å². The van der Waals surface area contributed by atoms with Gasteiger partial charge >= 0.3 is 36.3 Å². The van der Waals surface area contributed by atoms with Crippen molar-refractivity contribution in [2.75, 3.05) is 0 Å². The maximum Gasteiger partial charge on any atom is 0.462 e. The maximum atomic E-state index is 13.4. The molecular weight excluding hydrogens is 444 g/mol. The van der Waals surface area contributed by atoms with Crippen molar-refractivity contribution in [2.45, 2.75) is 55.6 Å². The van der Waals surface area contributed by atoms with Crippen LogP contribution in [0.5, 0.6) is 0 Å². The lowest BCUT2D eigenvalue weighted by atomic mass is 10.2. The van der Waals surface area contributed by atoms with E-state index in [9.17, 15) is 70.2 Å². The Hall–Kier alpha value is -1.20. The predicted molar refractivity (Wildman–Crippen MR) is 48.5 cm³/mol. The highest BCUT2D eigenvalue weighted by Gasteiger charge is 2.84. The summed E-state index contributed by atoms with van der Waals surface area (Å²) in [5.41, 5.74) is 0. The first-order valence-corrected chi connectivity index (χ1v) is 5.69. The summed E-state index contributed by atoms with van der Waals surface area (Å²) in [5.74, 6) is -20.4. The van der Waals surface area contributed by atoms with Crippen molar-refractivity contribution in [3.05, 3.63) is 0 Å². The second-order valence-electron chi connectivity index (χ2n) is 4.69. The van der Waals surface area contributed by atoms with Crippen LogP contribution in [0.2, 0.25) is 0 Å². The minimum atomic E-state index is -7.68. The van der Waals surface area contributed by atoms with Crippen LogP contribution in [-0.4, -0.2) is 48.6 Å². The first-order valence-electron chi connectivity index (χ1n) is 5.69. The third-order valence-electron chi connectivity index (χ3n) is 2.38. The van der Waals surface area contributed by atoms with E-state index >= 15 is 0 Å². The summed E-state index contributed by atoms with van der Waals surface area (Å²) >= 11 is 0. The summed E-state index contributed by atoms with van der Waals surface area (Å²) in [5, 5.41) is 0. The molecule has 2 atom stereocenters. The average Bonchev–Trinajstić information content (AvgIpc) is 2.33. The van der Waals surface area contributed by atoms with Gasteiger partial charge in [-0.2, -0.15) is 57.1 Å². The van der Waals surface area contributed by atoms with E-state index in [0.29, 0.717) is 0 Å². The second kappa shape index (κ2) is 6.70. The van der Waals surface area contributed by atoms with Crippen molar-refractivity contribution in [3.63, 3.8) is 0 Å². The van der Waals surface area contributed by atoms with E-state index in [-0.39, 0.29) is 0 Å². The molecule has 27 heavy (non-hydrogen) atoms. The zero-order valence-corrected chi connectivity index (χ0v) is 11.9. The lowest BCUT2D eigenvalue weighted by molar-refractivity contribution is -0.541. The van der Waals surface area contributed by atoms with Crippen LogP contribution in [0.15, 0.2) is 0 Å². The van der Waals surface area contributed by atoms with Crippen LogP contribution < -0.4 is 0 Å². The Morgan fingerprint density at radius 2 is 0.963 bits per heavy atom. The number of rotatable bonds is 7. The van der Waals surface area contributed by atoms with Crippen molar-refractivity contribution in [2.24, 2.45) is 0 Å². The van der Waals surface area contributed by atoms with Gasteiger partial charge in [0, 0.05) is 6.92 Å². The molecule has 0 fully saturated rings. The van der Waals surface area contributed by atoms with Gasteiger partial charge in [-0.25, -0.2) is 13.2 Å². The maximum absolute atomic E-state index is 13.4. The average molecular weight is 448 g/mol. The highest BCUT2D eigenvalue weighted by atomic mass is 19.4. The van der Waals surface area contributed by atoms with Crippen molar-refractivity contribution in [1.82, 2.24) is 0 Å². The number of ether oxygens (including phenoxy) is 2. The van der Waals surface area contributed by atoms with Gasteiger partial charge in [0.1, 0.15) is 0 Å². The van der Waals surface area contributed by atoms with Crippen molar-refractivity contribution in [3.8, 4) is 0 Å². The molecule has 164 valence electrons. The van der Waals surface area contributed by atoms with Crippen LogP contribution in [0.3, 0.4) is 0 Å². The Labute approximate surface area is 137 Å². The molecular formula is C9H4F16O2. The van der Waals surface area contributed by atoms with Crippen LogP contribution in [0.25, 0.3) is 0 Å². The molecule has 18 heteroatoms. The van der Waals surface area contributed by atoms with E-state index in [1.165, 1.54) is 4.74 Å². The summed E-state index contributed by atoms with van der Waals surface area (Å²) in [6.45, 7) is -0.630. The van der Waals surface area contributed by atoms with Crippen LogP contribution in [0.4, 0.5) is 70.2 Å². The molecule has 0 aliphatic rings. The SMILES string of the molecule is CC(F)(F)C(F)OC(F)(F)C(F)(OC(F)(F)C(F)(F)C(F)(F)F)C(F)(F)F. The van der Waals surface area contributed by atoms with Gasteiger partial charge in [-0.3, -0.25) is 9.47 Å². The topological polar surface area (TPSA) is 18.5 Å². The van der Waals surface area contributed by atoms with Crippen LogP contribution in [0.1, 0.15) is 6.92 Å². The smallest absolute Gasteiger partial charge is 0.274 e. The molecule has 0 aromatic rings. The summed E-state index contributed by atoms with van der Waals surface area (Å²) in [6, 6.07) is 0. The largest absolute Gasteiger partial charge is 0.462 e. The molecule has 0 aliphatic carbocycles. The highest BCUT2D eigenvalue weighted by molar-refractivity contribution is 4.93. The number of alkyl halides is 16. The third-order valence-corrected chi connectivity index (χ3v) is 2.38. The van der Waals surface area contributed by atoms with Gasteiger partial charge in [0.05, 0.1) is 0 Å². The Morgan fingerprint density at radius 1 is 0.593 bits per heavy atom. The van der Waals surface area contributed by atoms with Crippen molar-refractivity contribution < 1.29 is 79.7 Å². The van der Waals surface area contributed by atoms with Gasteiger partial charge in [0.25, 0.3) is 12.3 Å². The van der Waals surface area contributed by atoms with E-state index in [1.54, 1.807) is 0 Å². The Bertz CT molecular complexity index is 515. The molecule has 0 amide bonds. The summed E-state index contributed by atoms with van der Waals surface area (Å²) in [6.07, 6.45) is -34.9. The predicted octanol–water partition coefficient (Wildman–Crippen LogP) is 5.58. The lowest BCUT2D eigenvalue weighted by Gasteiger charge is -2.38. The van der Waals surface area contributed by atoms with Crippen LogP contribution in [-0.2, 0) is 9.47 Å². The number of hydrogen-bond donors (Lipinski definition) is 0. The molecule has 0 spiro atoms. The highest BCUT2D eigenvalue weighted by Crippen LogP contribution is 2.55. The Balaban J connectivity index is 6.21. The first kappa shape index (κ1) is 25.8. The minimum Gasteiger partial charge on any atom is -0.274 e. The molecule has 2 nitrogen and oxygen atoms in total. The fraction of sp³-hybridized carbons (Fsp3) is 1.00. The summed E-state index contributed by atoms with van der Waals surface area (Å²) < 4.78 is 203. The standard InChI is InChI=1S/C9H4F16O2/c1-3(11,12)2(10)26-9(24,25)5(15,7(19,20)21)27-8(22,23)4(13,14)6(16,17)18/h2H,1H3. The molecule has 0 bridgehead atoms. The van der Waals surface area contributed by atoms with Gasteiger partial charge in [0.15, 0.2) is 0 Å². The molecule has 0 rings (SSSR count). The molecule has 2 unspecified atom stereocenters. The molecule has 0 N–H and O–H groups in total. The van der Waals surface area contributed by atoms with E-state index < -0.39 is 55.6 Å². The normalized spacial score (nSPS) is 19.0. The molecule has 0 saturated carbocycles. The van der Waals surface area contributed by atoms with E-state index in [4.69, 9.17) is 0 Å². The summed E-state index contributed by atoms with van der Waals surface area (Å²) in [7, 11) is 0. The van der Waals surface area contributed by atoms with Crippen LogP contribution in [0, 0.1) is 0 Å². The third kappa shape index (κ3) is 4.80. The number of hydrogen-bond acceptors (Lipinski definition) is 2. The fourth-order valence-corrected chi connectivity index (χ4v) is 0.997. The number of halogens is 16. The summed E-state index contributed by atoms with van der Waals surface area (Å²) in [4.78, 5) is 0. The zero-order chi connectivity index (χ0) is 22.5. The molecule has 0 saturated heterocycles. The van der Waals surface area contributed by atoms with Gasteiger partial charge < -0.3 is 0 Å². The minimum absolute atomic E-state index is 0.630. The van der Waals surface area contributed by atoms with Gasteiger partial charge in [0.2, 0.25) is 0 Å². The quantitative estimate of drug-likeness (QED) is 0.474.